The summed E-state index contributed by atoms with van der Waals surface area (Å²) in [4.78, 5) is 4.31. The van der Waals surface area contributed by atoms with Crippen molar-refractivity contribution in [3.8, 4) is 0 Å². The van der Waals surface area contributed by atoms with Gasteiger partial charge in [-0.1, -0.05) is 45.4 Å². The van der Waals surface area contributed by atoms with E-state index in [-0.39, 0.29) is 11.8 Å². The number of hydrogen-bond donors (Lipinski definition) is 1. The Balaban J connectivity index is 2.69. The van der Waals surface area contributed by atoms with E-state index in [1.54, 1.807) is 0 Å². The lowest BCUT2D eigenvalue weighted by Gasteiger charge is -2.24. The normalized spacial score (nSPS) is 24.9. The fraction of sp³-hybridized carbons (Fsp3) is 0.600. The zero-order valence-corrected chi connectivity index (χ0v) is 11.4. The molecule has 17 heavy (non-hydrogen) atoms. The van der Waals surface area contributed by atoms with Gasteiger partial charge >= 0.3 is 0 Å². The summed E-state index contributed by atoms with van der Waals surface area (Å²) in [5.74, 6) is 1.14. The van der Waals surface area contributed by atoms with Crippen LogP contribution in [0, 0.1) is 23.2 Å². The molecule has 0 radical (unpaired) electrons. The van der Waals surface area contributed by atoms with Gasteiger partial charge in [-0.15, -0.1) is 0 Å². The first kappa shape index (κ1) is 13.9. The Labute approximate surface area is 105 Å². The Kier molecular flexibility index (Phi) is 5.33. The molecule has 1 aliphatic rings. The predicted molar refractivity (Wildman–Crippen MR) is 76.1 cm³/mol. The minimum atomic E-state index is 0.254. The second kappa shape index (κ2) is 6.53. The van der Waals surface area contributed by atoms with E-state index in [4.69, 9.17) is 5.41 Å². The molecule has 0 bridgehead atoms. The molecule has 0 saturated carbocycles. The van der Waals surface area contributed by atoms with E-state index in [9.17, 15) is 0 Å². The molecule has 1 rings (SSSR count). The second-order valence-corrected chi connectivity index (χ2v) is 4.95. The second-order valence-electron chi connectivity index (χ2n) is 4.95. The zero-order valence-electron chi connectivity index (χ0n) is 11.4. The van der Waals surface area contributed by atoms with E-state index in [2.05, 4.69) is 44.0 Å². The molecule has 3 unspecified atom stereocenters. The maximum atomic E-state index is 8.22. The summed E-state index contributed by atoms with van der Waals surface area (Å²) in [5.41, 5.74) is 1.94. The molecule has 0 aromatic rings. The van der Waals surface area contributed by atoms with Crippen molar-refractivity contribution in [3.63, 3.8) is 0 Å². The molecule has 94 valence electrons. The van der Waals surface area contributed by atoms with Crippen molar-refractivity contribution in [2.45, 2.75) is 33.6 Å². The number of aliphatic imine (C=N–C) groups is 1. The maximum Gasteiger partial charge on any atom is 0.0420 e. The van der Waals surface area contributed by atoms with Gasteiger partial charge in [-0.25, -0.2) is 0 Å². The summed E-state index contributed by atoms with van der Waals surface area (Å²) >= 11 is 0. The van der Waals surface area contributed by atoms with Crippen molar-refractivity contribution in [2.75, 3.05) is 7.05 Å². The largest absolute Gasteiger partial charge is 0.309 e. The van der Waals surface area contributed by atoms with Gasteiger partial charge in [0, 0.05) is 30.3 Å². The van der Waals surface area contributed by atoms with Crippen LogP contribution in [0.2, 0.25) is 0 Å². The van der Waals surface area contributed by atoms with Crippen molar-refractivity contribution in [2.24, 2.45) is 22.7 Å². The highest BCUT2D eigenvalue weighted by atomic mass is 14.7. The van der Waals surface area contributed by atoms with Crippen LogP contribution in [0.4, 0.5) is 0 Å². The van der Waals surface area contributed by atoms with Crippen molar-refractivity contribution in [1.82, 2.24) is 0 Å². The molecule has 2 heteroatoms. The molecule has 1 N–H and O–H groups in total. The Bertz CT molecular complexity index is 350. The minimum Gasteiger partial charge on any atom is -0.309 e. The third-order valence-corrected chi connectivity index (χ3v) is 3.65. The van der Waals surface area contributed by atoms with Crippen LogP contribution in [-0.2, 0) is 0 Å². The minimum absolute atomic E-state index is 0.254. The molecule has 0 aliphatic heterocycles. The number of hydrogen-bond acceptors (Lipinski definition) is 2. The molecule has 0 aromatic heterocycles. The molecule has 0 aromatic carbocycles. The summed E-state index contributed by atoms with van der Waals surface area (Å²) < 4.78 is 0. The third-order valence-electron chi connectivity index (χ3n) is 3.65. The lowest BCUT2D eigenvalue weighted by Crippen LogP contribution is -2.27. The molecule has 0 heterocycles. The van der Waals surface area contributed by atoms with Crippen LogP contribution in [0.1, 0.15) is 33.6 Å². The molecule has 1 aliphatic carbocycles. The Hall–Kier alpha value is -1.18. The first-order valence-corrected chi connectivity index (χ1v) is 6.49. The molecule has 0 fully saturated rings. The molecule has 0 saturated heterocycles. The van der Waals surface area contributed by atoms with E-state index in [1.165, 1.54) is 0 Å². The summed E-state index contributed by atoms with van der Waals surface area (Å²) in [6.45, 7) is 6.54. The summed E-state index contributed by atoms with van der Waals surface area (Å²) in [5, 5.41) is 8.22. The van der Waals surface area contributed by atoms with E-state index in [0.717, 1.165) is 24.3 Å². The van der Waals surface area contributed by atoms with E-state index < -0.39 is 0 Å². The summed E-state index contributed by atoms with van der Waals surface area (Å²) in [6.07, 6.45) is 10.3. The van der Waals surface area contributed by atoms with Crippen LogP contribution in [0.15, 0.2) is 29.3 Å². The molecular weight excluding hydrogens is 208 g/mol. The first-order valence-electron chi connectivity index (χ1n) is 6.49. The maximum absolute atomic E-state index is 8.22. The van der Waals surface area contributed by atoms with Gasteiger partial charge in [0.05, 0.1) is 0 Å². The van der Waals surface area contributed by atoms with Crippen LogP contribution in [0.3, 0.4) is 0 Å². The highest BCUT2D eigenvalue weighted by molar-refractivity contribution is 6.02. The summed E-state index contributed by atoms with van der Waals surface area (Å²) in [6, 6.07) is 0. The van der Waals surface area contributed by atoms with Gasteiger partial charge in [0.15, 0.2) is 0 Å². The Morgan fingerprint density at radius 2 is 2.12 bits per heavy atom. The van der Waals surface area contributed by atoms with Crippen LogP contribution < -0.4 is 0 Å². The van der Waals surface area contributed by atoms with Crippen LogP contribution >= 0.6 is 0 Å². The van der Waals surface area contributed by atoms with Crippen molar-refractivity contribution in [1.29, 1.82) is 5.41 Å². The number of allylic oxidation sites excluding steroid dienone is 4. The fourth-order valence-electron chi connectivity index (χ4n) is 2.12. The van der Waals surface area contributed by atoms with Crippen LogP contribution in [0.5, 0.6) is 0 Å². The fourth-order valence-corrected chi connectivity index (χ4v) is 2.12. The Morgan fingerprint density at radius 3 is 2.71 bits per heavy atom. The smallest absolute Gasteiger partial charge is 0.0420 e. The van der Waals surface area contributed by atoms with Gasteiger partial charge in [-0.05, 0) is 18.4 Å². The quantitative estimate of drug-likeness (QED) is 0.698. The monoisotopic (exact) mass is 232 g/mol. The molecule has 2 nitrogen and oxygen atoms in total. The lowest BCUT2D eigenvalue weighted by atomic mass is 9.81. The SMILES string of the molecule is CCC(C)CC(=N)C(C)C1C=CC=CC1=NC. The molecule has 0 spiro atoms. The summed E-state index contributed by atoms with van der Waals surface area (Å²) in [7, 11) is 1.83. The van der Waals surface area contributed by atoms with Gasteiger partial charge in [-0.2, -0.15) is 0 Å². The Morgan fingerprint density at radius 1 is 1.41 bits per heavy atom. The highest BCUT2D eigenvalue weighted by Gasteiger charge is 2.23. The third kappa shape index (κ3) is 3.65. The number of nitrogens with zero attached hydrogens (tertiary/aromatic N) is 1. The van der Waals surface area contributed by atoms with Gasteiger partial charge in [0.2, 0.25) is 0 Å². The zero-order chi connectivity index (χ0) is 12.8. The van der Waals surface area contributed by atoms with Crippen molar-refractivity contribution < 1.29 is 0 Å². The van der Waals surface area contributed by atoms with Crippen LogP contribution in [-0.4, -0.2) is 18.5 Å². The van der Waals surface area contributed by atoms with Gasteiger partial charge < -0.3 is 5.41 Å². The van der Waals surface area contributed by atoms with Crippen molar-refractivity contribution in [3.05, 3.63) is 24.3 Å². The average molecular weight is 232 g/mol. The predicted octanol–water partition coefficient (Wildman–Crippen LogP) is 3.89. The molecular formula is C15H24N2. The van der Waals surface area contributed by atoms with E-state index in [1.807, 2.05) is 13.1 Å². The van der Waals surface area contributed by atoms with E-state index in [0.29, 0.717) is 5.92 Å². The van der Waals surface area contributed by atoms with Gasteiger partial charge in [0.1, 0.15) is 0 Å². The molecule has 0 amide bonds. The van der Waals surface area contributed by atoms with Crippen molar-refractivity contribution >= 4 is 11.4 Å². The standard InChI is InChI=1S/C15H24N2/c1-5-11(2)10-14(16)12(3)13-8-6-7-9-15(13)17-4/h6-9,11-13,16H,5,10H2,1-4H3. The number of nitrogens with one attached hydrogen (secondary N) is 1. The van der Waals surface area contributed by atoms with E-state index >= 15 is 0 Å². The van der Waals surface area contributed by atoms with Crippen LogP contribution in [0.25, 0.3) is 0 Å². The lowest BCUT2D eigenvalue weighted by molar-refractivity contribution is 0.557. The average Bonchev–Trinajstić information content (AvgIpc) is 2.37. The first-order chi connectivity index (χ1) is 8.10. The molecule has 3 atom stereocenters. The highest BCUT2D eigenvalue weighted by Crippen LogP contribution is 2.23. The van der Waals surface area contributed by atoms with Gasteiger partial charge in [-0.3, -0.25) is 4.99 Å². The number of rotatable bonds is 5. The van der Waals surface area contributed by atoms with Gasteiger partial charge in [0.25, 0.3) is 0 Å². The topological polar surface area (TPSA) is 36.2 Å².